The Bertz CT molecular complexity index is 579. The highest BCUT2D eigenvalue weighted by Crippen LogP contribution is 2.27. The van der Waals surface area contributed by atoms with E-state index in [0.717, 1.165) is 51.1 Å². The molecule has 1 saturated carbocycles. The van der Waals surface area contributed by atoms with Gasteiger partial charge in [0, 0.05) is 38.8 Å². The van der Waals surface area contributed by atoms with Gasteiger partial charge < -0.3 is 20.1 Å². The Morgan fingerprint density at radius 2 is 1.92 bits per heavy atom. The summed E-state index contributed by atoms with van der Waals surface area (Å²) in [5.41, 5.74) is 1.05. The van der Waals surface area contributed by atoms with Crippen LogP contribution in [0.4, 0.5) is 4.79 Å². The first-order valence-electron chi connectivity index (χ1n) is 9.29. The van der Waals surface area contributed by atoms with Crippen LogP contribution in [0.25, 0.3) is 0 Å². The van der Waals surface area contributed by atoms with Crippen LogP contribution in [0.1, 0.15) is 37.7 Å². The third-order valence-corrected chi connectivity index (χ3v) is 5.24. The molecule has 2 amide bonds. The number of hydrogen-bond acceptors (Lipinski definition) is 4. The van der Waals surface area contributed by atoms with Gasteiger partial charge in [-0.15, -0.1) is 0 Å². The summed E-state index contributed by atoms with van der Waals surface area (Å²) in [6.45, 7) is 3.98. The van der Waals surface area contributed by atoms with Gasteiger partial charge >= 0.3 is 6.03 Å². The lowest BCUT2D eigenvalue weighted by molar-refractivity contribution is 0.132. The molecule has 25 heavy (non-hydrogen) atoms. The number of amides is 2. The third-order valence-electron chi connectivity index (χ3n) is 5.24. The number of carbonyl (C=O) groups is 1. The second kappa shape index (κ2) is 8.43. The lowest BCUT2D eigenvalue weighted by Gasteiger charge is -2.36. The summed E-state index contributed by atoms with van der Waals surface area (Å²) >= 11 is 0. The van der Waals surface area contributed by atoms with Crippen LogP contribution >= 0.6 is 0 Å². The van der Waals surface area contributed by atoms with E-state index in [1.165, 1.54) is 19.3 Å². The molecule has 0 radical (unpaired) electrons. The number of piperazine rings is 1. The van der Waals surface area contributed by atoms with E-state index in [0.29, 0.717) is 11.8 Å². The van der Waals surface area contributed by atoms with Crippen molar-refractivity contribution in [1.82, 2.24) is 15.1 Å². The molecule has 1 saturated heterocycles. The molecule has 6 nitrogen and oxygen atoms in total. The van der Waals surface area contributed by atoms with Crippen LogP contribution in [0.5, 0.6) is 11.5 Å². The average Bonchev–Trinajstić information content (AvgIpc) is 2.63. The molecular weight excluding hydrogens is 318 g/mol. The smallest absolute Gasteiger partial charge is 0.317 e. The average molecular weight is 347 g/mol. The SMILES string of the molecule is COc1ccc(CN2CCN(C(=O)NC3CCCCC3)CC2)cc1O. The molecule has 1 aliphatic heterocycles. The number of rotatable bonds is 4. The molecule has 2 N–H and O–H groups in total. The second-order valence-electron chi connectivity index (χ2n) is 7.05. The van der Waals surface area contributed by atoms with Gasteiger partial charge in [-0.1, -0.05) is 25.3 Å². The molecule has 0 bridgehead atoms. The van der Waals surface area contributed by atoms with E-state index in [-0.39, 0.29) is 11.8 Å². The van der Waals surface area contributed by atoms with E-state index in [1.807, 2.05) is 11.0 Å². The molecule has 2 aliphatic rings. The van der Waals surface area contributed by atoms with Crippen molar-refractivity contribution < 1.29 is 14.6 Å². The first-order valence-corrected chi connectivity index (χ1v) is 9.29. The standard InChI is InChI=1S/C19H29N3O3/c1-25-18-8-7-15(13-17(18)23)14-21-9-11-22(12-10-21)19(24)20-16-5-3-2-4-6-16/h7-8,13,16,23H,2-6,9-12,14H2,1H3,(H,20,24). The monoisotopic (exact) mass is 347 g/mol. The van der Waals surface area contributed by atoms with E-state index in [9.17, 15) is 9.90 Å². The van der Waals surface area contributed by atoms with E-state index in [1.54, 1.807) is 19.2 Å². The number of phenolic OH excluding ortho intramolecular Hbond substituents is 1. The molecule has 2 fully saturated rings. The molecule has 1 heterocycles. The predicted molar refractivity (Wildman–Crippen MR) is 96.9 cm³/mol. The maximum Gasteiger partial charge on any atom is 0.317 e. The molecule has 0 atom stereocenters. The lowest BCUT2D eigenvalue weighted by Crippen LogP contribution is -2.53. The third kappa shape index (κ3) is 4.78. The number of nitrogens with one attached hydrogen (secondary N) is 1. The minimum absolute atomic E-state index is 0.0913. The van der Waals surface area contributed by atoms with Gasteiger partial charge in [-0.3, -0.25) is 4.90 Å². The van der Waals surface area contributed by atoms with Crippen LogP contribution in [-0.4, -0.2) is 60.3 Å². The highest BCUT2D eigenvalue weighted by molar-refractivity contribution is 5.74. The molecule has 1 aromatic rings. The number of phenols is 1. The number of aromatic hydroxyl groups is 1. The summed E-state index contributed by atoms with van der Waals surface area (Å²) in [5.74, 6) is 0.665. The first kappa shape index (κ1) is 17.9. The van der Waals surface area contributed by atoms with Crippen LogP contribution in [-0.2, 0) is 6.54 Å². The molecule has 138 valence electrons. The largest absolute Gasteiger partial charge is 0.504 e. The van der Waals surface area contributed by atoms with Crippen molar-refractivity contribution in [3.05, 3.63) is 23.8 Å². The van der Waals surface area contributed by atoms with E-state index < -0.39 is 0 Å². The molecule has 0 spiro atoms. The van der Waals surface area contributed by atoms with Crippen LogP contribution in [0.3, 0.4) is 0 Å². The van der Waals surface area contributed by atoms with Gasteiger partial charge in [0.25, 0.3) is 0 Å². The Hall–Kier alpha value is -1.95. The van der Waals surface area contributed by atoms with Gasteiger partial charge in [0.1, 0.15) is 0 Å². The fourth-order valence-electron chi connectivity index (χ4n) is 3.71. The predicted octanol–water partition coefficient (Wildman–Crippen LogP) is 2.56. The van der Waals surface area contributed by atoms with Gasteiger partial charge in [-0.25, -0.2) is 4.79 Å². The van der Waals surface area contributed by atoms with E-state index >= 15 is 0 Å². The molecule has 0 aromatic heterocycles. The van der Waals surface area contributed by atoms with Crippen molar-refractivity contribution in [2.75, 3.05) is 33.3 Å². The minimum atomic E-state index is 0.0913. The van der Waals surface area contributed by atoms with Gasteiger partial charge in [0.15, 0.2) is 11.5 Å². The summed E-state index contributed by atoms with van der Waals surface area (Å²) < 4.78 is 5.08. The summed E-state index contributed by atoms with van der Waals surface area (Å²) in [7, 11) is 1.55. The zero-order valence-electron chi connectivity index (χ0n) is 15.0. The van der Waals surface area contributed by atoms with Crippen molar-refractivity contribution in [3.63, 3.8) is 0 Å². The fourth-order valence-corrected chi connectivity index (χ4v) is 3.71. The van der Waals surface area contributed by atoms with E-state index in [4.69, 9.17) is 4.74 Å². The molecular formula is C19H29N3O3. The molecule has 3 rings (SSSR count). The molecule has 6 heteroatoms. The topological polar surface area (TPSA) is 65.0 Å². The Morgan fingerprint density at radius 1 is 1.20 bits per heavy atom. The van der Waals surface area contributed by atoms with Crippen molar-refractivity contribution in [2.24, 2.45) is 0 Å². The van der Waals surface area contributed by atoms with Gasteiger partial charge in [0.05, 0.1) is 7.11 Å². The van der Waals surface area contributed by atoms with Crippen LogP contribution in [0.15, 0.2) is 18.2 Å². The number of hydrogen-bond donors (Lipinski definition) is 2. The minimum Gasteiger partial charge on any atom is -0.504 e. The normalized spacial score (nSPS) is 19.6. The summed E-state index contributed by atoms with van der Waals surface area (Å²) in [6.07, 6.45) is 5.99. The summed E-state index contributed by atoms with van der Waals surface area (Å²) in [4.78, 5) is 16.6. The van der Waals surface area contributed by atoms with Crippen molar-refractivity contribution in [3.8, 4) is 11.5 Å². The van der Waals surface area contributed by atoms with Crippen molar-refractivity contribution in [2.45, 2.75) is 44.7 Å². The van der Waals surface area contributed by atoms with Crippen LogP contribution < -0.4 is 10.1 Å². The Labute approximate surface area is 149 Å². The number of ether oxygens (including phenoxy) is 1. The number of methoxy groups -OCH3 is 1. The summed E-state index contributed by atoms with van der Waals surface area (Å²) in [6, 6.07) is 5.97. The second-order valence-corrected chi connectivity index (χ2v) is 7.05. The van der Waals surface area contributed by atoms with Crippen LogP contribution in [0, 0.1) is 0 Å². The molecule has 1 aromatic carbocycles. The lowest BCUT2D eigenvalue weighted by atomic mass is 9.96. The molecule has 1 aliphatic carbocycles. The quantitative estimate of drug-likeness (QED) is 0.879. The van der Waals surface area contributed by atoms with Crippen molar-refractivity contribution >= 4 is 6.03 Å². The van der Waals surface area contributed by atoms with Gasteiger partial charge in [-0.05, 0) is 30.5 Å². The zero-order valence-corrected chi connectivity index (χ0v) is 15.0. The molecule has 0 unspecified atom stereocenters. The Morgan fingerprint density at radius 3 is 2.56 bits per heavy atom. The highest BCUT2D eigenvalue weighted by atomic mass is 16.5. The van der Waals surface area contributed by atoms with Crippen LogP contribution in [0.2, 0.25) is 0 Å². The summed E-state index contributed by atoms with van der Waals surface area (Å²) in [5, 5.41) is 13.1. The number of urea groups is 1. The maximum absolute atomic E-state index is 12.4. The zero-order chi connectivity index (χ0) is 17.6. The Balaban J connectivity index is 1.45. The fraction of sp³-hybridized carbons (Fsp3) is 0.632. The van der Waals surface area contributed by atoms with Gasteiger partial charge in [0.2, 0.25) is 0 Å². The van der Waals surface area contributed by atoms with Crippen molar-refractivity contribution in [1.29, 1.82) is 0 Å². The number of carbonyl (C=O) groups excluding carboxylic acids is 1. The van der Waals surface area contributed by atoms with E-state index in [2.05, 4.69) is 10.2 Å². The maximum atomic E-state index is 12.4. The number of nitrogens with zero attached hydrogens (tertiary/aromatic N) is 2. The highest BCUT2D eigenvalue weighted by Gasteiger charge is 2.24. The number of benzene rings is 1. The van der Waals surface area contributed by atoms with Gasteiger partial charge in [-0.2, -0.15) is 0 Å². The Kier molecular flexibility index (Phi) is 6.02. The first-order chi connectivity index (χ1) is 12.2.